The molecule has 1 aromatic carbocycles. The smallest absolute Gasteiger partial charge is 0.324 e. The molecule has 2 N–H and O–H groups in total. The van der Waals surface area contributed by atoms with Gasteiger partial charge in [0, 0.05) is 26.5 Å². The molecule has 234 valence electrons. The van der Waals surface area contributed by atoms with Crippen molar-refractivity contribution in [3.63, 3.8) is 0 Å². The lowest BCUT2D eigenvalue weighted by Gasteiger charge is -2.30. The molecule has 2 rings (SSSR count). The van der Waals surface area contributed by atoms with E-state index in [2.05, 4.69) is 10.4 Å². The fourth-order valence-corrected chi connectivity index (χ4v) is 5.82. The van der Waals surface area contributed by atoms with E-state index in [4.69, 9.17) is 14.0 Å². The Bertz CT molecular complexity index is 1180. The molecule has 1 heterocycles. The Hall–Kier alpha value is -3.08. The average molecular weight is 610 g/mol. The van der Waals surface area contributed by atoms with Gasteiger partial charge in [-0.1, -0.05) is 12.1 Å². The minimum atomic E-state index is -3.86. The van der Waals surface area contributed by atoms with Gasteiger partial charge in [0.1, 0.15) is 23.0 Å². The number of nitrogens with zero attached hydrogens (tertiary/aromatic N) is 1. The number of unbranched alkanes of at least 4 members (excludes halogenated alkanes) is 1. The van der Waals surface area contributed by atoms with E-state index in [0.717, 1.165) is 0 Å². The number of amides is 3. The number of rotatable bonds is 14. The highest BCUT2D eigenvalue weighted by molar-refractivity contribution is 7.57. The molecule has 0 radical (unpaired) electrons. The molecule has 0 fully saturated rings. The van der Waals surface area contributed by atoms with Crippen molar-refractivity contribution >= 4 is 37.2 Å². The monoisotopic (exact) mass is 609 g/mol. The van der Waals surface area contributed by atoms with Gasteiger partial charge in [-0.2, -0.15) is 0 Å². The molecular weight excluding hydrogens is 565 g/mol. The van der Waals surface area contributed by atoms with E-state index in [1.54, 1.807) is 65.8 Å². The Morgan fingerprint density at radius 2 is 1.45 bits per heavy atom. The second-order valence-corrected chi connectivity index (χ2v) is 14.7. The Balaban J connectivity index is 1.95. The zero-order chi connectivity index (χ0) is 31.9. The van der Waals surface area contributed by atoms with Crippen molar-refractivity contribution in [1.29, 1.82) is 0 Å². The van der Waals surface area contributed by atoms with Crippen LogP contribution in [0.25, 0.3) is 0 Å². The molecule has 3 atom stereocenters. The molecule has 0 bridgehead atoms. The molecule has 2 unspecified atom stereocenters. The van der Waals surface area contributed by atoms with Crippen LogP contribution in [0.2, 0.25) is 0 Å². The number of nitrogens with one attached hydrogen (secondary N) is 2. The molecule has 42 heavy (non-hydrogen) atoms. The predicted octanol–water partition coefficient (Wildman–Crippen LogP) is 4.18. The van der Waals surface area contributed by atoms with Gasteiger partial charge in [0.25, 0.3) is 19.3 Å². The van der Waals surface area contributed by atoms with E-state index in [-0.39, 0.29) is 37.6 Å². The maximum atomic E-state index is 13.7. The van der Waals surface area contributed by atoms with Crippen molar-refractivity contribution in [2.24, 2.45) is 0 Å². The number of fused-ring (bicyclic) bond motifs is 1. The Morgan fingerprint density at radius 3 is 1.95 bits per heavy atom. The lowest BCUT2D eigenvalue weighted by Crippen LogP contribution is -2.44. The second kappa shape index (κ2) is 14.4. The molecule has 1 aromatic rings. The van der Waals surface area contributed by atoms with Crippen molar-refractivity contribution in [1.82, 2.24) is 15.3 Å². The molecule has 13 heteroatoms. The third-order valence-electron chi connectivity index (χ3n) is 6.15. The summed E-state index contributed by atoms with van der Waals surface area (Å²) >= 11 is 0. The van der Waals surface area contributed by atoms with E-state index < -0.39 is 48.4 Å². The van der Waals surface area contributed by atoms with Gasteiger partial charge in [-0.05, 0) is 79.9 Å². The maximum absolute atomic E-state index is 13.7. The lowest BCUT2D eigenvalue weighted by atomic mass is 10.1. The van der Waals surface area contributed by atoms with Crippen molar-refractivity contribution in [2.75, 3.05) is 13.7 Å². The van der Waals surface area contributed by atoms with Gasteiger partial charge in [0.15, 0.2) is 0 Å². The topological polar surface area (TPSA) is 157 Å². The van der Waals surface area contributed by atoms with Crippen molar-refractivity contribution in [2.45, 2.75) is 104 Å². The highest BCUT2D eigenvalue weighted by Gasteiger charge is 2.38. The summed E-state index contributed by atoms with van der Waals surface area (Å²) in [6, 6.07) is 5.43. The van der Waals surface area contributed by atoms with Crippen LogP contribution in [-0.2, 0) is 32.9 Å². The summed E-state index contributed by atoms with van der Waals surface area (Å²) in [5, 5.41) is 5.34. The molecule has 1 aliphatic rings. The van der Waals surface area contributed by atoms with Crippen LogP contribution in [0, 0.1) is 0 Å². The highest BCUT2D eigenvalue weighted by Crippen LogP contribution is 2.46. The summed E-state index contributed by atoms with van der Waals surface area (Å²) in [4.78, 5) is 64.1. The van der Waals surface area contributed by atoms with E-state index >= 15 is 0 Å². The molecule has 0 spiro atoms. The number of esters is 2. The summed E-state index contributed by atoms with van der Waals surface area (Å²) in [7, 11) is -2.67. The quantitative estimate of drug-likeness (QED) is 0.136. The molecular formula is C29H44N3O9P. The first-order valence-electron chi connectivity index (χ1n) is 14.0. The van der Waals surface area contributed by atoms with Crippen LogP contribution in [0.5, 0.6) is 0 Å². The van der Waals surface area contributed by atoms with Gasteiger partial charge in [0.05, 0.1) is 11.1 Å². The normalized spacial score (nSPS) is 16.3. The second-order valence-electron chi connectivity index (χ2n) is 12.1. The zero-order valence-corrected chi connectivity index (χ0v) is 26.7. The van der Waals surface area contributed by atoms with Crippen LogP contribution in [0.1, 0.15) is 101 Å². The standard InChI is InChI=1S/C29H44N3O9P/c1-19(30-23(33)15-11-12-18-32-25(35)20-13-9-10-14-21(20)26(32)36)42(38,39-8)31-22(27(37)41-29(5,6)7)16-17-24(34)40-28(2,3)4/h9-10,13-14,19,22H,11-12,15-18H2,1-8H3,(H,30,33)(H,31,38)/t19?,22-,42?/m1/s1. The molecule has 0 saturated carbocycles. The number of hydrogen-bond donors (Lipinski definition) is 2. The number of carbonyl (C=O) groups excluding carboxylic acids is 5. The molecule has 12 nitrogen and oxygen atoms in total. The van der Waals surface area contributed by atoms with Gasteiger partial charge >= 0.3 is 11.9 Å². The summed E-state index contributed by atoms with van der Waals surface area (Å²) < 4.78 is 29.7. The lowest BCUT2D eigenvalue weighted by molar-refractivity contribution is -0.158. The van der Waals surface area contributed by atoms with Crippen LogP contribution in [0.15, 0.2) is 24.3 Å². The Labute approximate surface area is 247 Å². The Morgan fingerprint density at radius 1 is 0.905 bits per heavy atom. The van der Waals surface area contributed by atoms with Crippen molar-refractivity contribution in [3.05, 3.63) is 35.4 Å². The highest BCUT2D eigenvalue weighted by atomic mass is 31.2. The number of hydrogen-bond acceptors (Lipinski definition) is 9. The third kappa shape index (κ3) is 10.3. The fourth-order valence-electron chi connectivity index (χ4n) is 4.19. The van der Waals surface area contributed by atoms with Crippen LogP contribution in [0.3, 0.4) is 0 Å². The van der Waals surface area contributed by atoms with E-state index in [1.165, 1.54) is 18.9 Å². The van der Waals surface area contributed by atoms with Crippen LogP contribution >= 0.6 is 7.52 Å². The van der Waals surface area contributed by atoms with Gasteiger partial charge in [-0.25, -0.2) is 5.09 Å². The number of imide groups is 1. The number of carbonyl (C=O) groups is 5. The summed E-state index contributed by atoms with van der Waals surface area (Å²) in [6.45, 7) is 11.9. The van der Waals surface area contributed by atoms with E-state index in [9.17, 15) is 28.5 Å². The molecule has 0 aliphatic carbocycles. The largest absolute Gasteiger partial charge is 0.460 e. The predicted molar refractivity (Wildman–Crippen MR) is 156 cm³/mol. The van der Waals surface area contributed by atoms with Gasteiger partial charge < -0.3 is 19.3 Å². The minimum absolute atomic E-state index is 0.0470. The first kappa shape index (κ1) is 35.1. The number of benzene rings is 1. The zero-order valence-electron chi connectivity index (χ0n) is 25.8. The summed E-state index contributed by atoms with van der Waals surface area (Å²) in [6.07, 6.45) is 0.596. The van der Waals surface area contributed by atoms with E-state index in [0.29, 0.717) is 24.0 Å². The van der Waals surface area contributed by atoms with Crippen molar-refractivity contribution < 1.29 is 42.5 Å². The fraction of sp³-hybridized carbons (Fsp3) is 0.621. The first-order chi connectivity index (χ1) is 19.4. The first-order valence-corrected chi connectivity index (χ1v) is 15.7. The molecule has 1 aliphatic heterocycles. The third-order valence-corrected chi connectivity index (χ3v) is 8.51. The van der Waals surface area contributed by atoms with E-state index in [1.807, 2.05) is 0 Å². The molecule has 0 aromatic heterocycles. The van der Waals surface area contributed by atoms with Gasteiger partial charge in [-0.15, -0.1) is 0 Å². The minimum Gasteiger partial charge on any atom is -0.460 e. The molecule has 3 amide bonds. The van der Waals surface area contributed by atoms with Crippen LogP contribution < -0.4 is 10.4 Å². The summed E-state index contributed by atoms with van der Waals surface area (Å²) in [5.74, 6) is -3.43. The SMILES string of the molecule is COP(=O)(N[C@H](CCC(=O)OC(C)(C)C)C(=O)OC(C)(C)C)C(C)NC(=O)CCCCN1C(=O)c2ccccc2C1=O. The Kier molecular flexibility index (Phi) is 12.0. The van der Waals surface area contributed by atoms with Crippen molar-refractivity contribution in [3.8, 4) is 0 Å². The van der Waals surface area contributed by atoms with Crippen LogP contribution in [0.4, 0.5) is 0 Å². The van der Waals surface area contributed by atoms with Gasteiger partial charge in [-0.3, -0.25) is 33.4 Å². The maximum Gasteiger partial charge on any atom is 0.324 e. The number of ether oxygens (including phenoxy) is 2. The summed E-state index contributed by atoms with van der Waals surface area (Å²) in [5.41, 5.74) is -0.815. The van der Waals surface area contributed by atoms with Crippen LogP contribution in [-0.4, -0.2) is 71.2 Å². The molecule has 0 saturated heterocycles. The van der Waals surface area contributed by atoms with Gasteiger partial charge in [0.2, 0.25) is 5.91 Å². The average Bonchev–Trinajstić information content (AvgIpc) is 3.11.